The maximum atomic E-state index is 12.1. The number of nitrogens with zero attached hydrogens (tertiary/aromatic N) is 1. The lowest BCUT2D eigenvalue weighted by molar-refractivity contribution is -0.143. The first-order chi connectivity index (χ1) is 11.6. The summed E-state index contributed by atoms with van der Waals surface area (Å²) in [5, 5.41) is 9.46. The molecule has 0 spiro atoms. The molecule has 0 heterocycles. The van der Waals surface area contributed by atoms with Crippen LogP contribution in [0.5, 0.6) is 0 Å². The van der Waals surface area contributed by atoms with E-state index in [9.17, 15) is 14.7 Å². The number of hydrogen-bond acceptors (Lipinski definition) is 3. The number of carboxylic acids is 1. The minimum absolute atomic E-state index is 0.271. The summed E-state index contributed by atoms with van der Waals surface area (Å²) in [6.07, 6.45) is 11.0. The van der Waals surface area contributed by atoms with Crippen molar-refractivity contribution in [3.05, 3.63) is 0 Å². The summed E-state index contributed by atoms with van der Waals surface area (Å²) in [6.45, 7) is 6.71. The fraction of sp³-hybridized carbons (Fsp3) is 0.895. The Hall–Kier alpha value is -1.26. The highest BCUT2D eigenvalue weighted by Crippen LogP contribution is 2.14. The van der Waals surface area contributed by atoms with Gasteiger partial charge in [-0.15, -0.1) is 0 Å². The van der Waals surface area contributed by atoms with Crippen molar-refractivity contribution in [3.8, 4) is 0 Å². The van der Waals surface area contributed by atoms with E-state index in [2.05, 4.69) is 6.92 Å². The molecule has 24 heavy (non-hydrogen) atoms. The summed E-state index contributed by atoms with van der Waals surface area (Å²) in [5.74, 6) is -0.934. The van der Waals surface area contributed by atoms with Crippen molar-refractivity contribution in [2.24, 2.45) is 0 Å². The largest absolute Gasteiger partial charge is 0.480 e. The predicted molar refractivity (Wildman–Crippen MR) is 97.3 cm³/mol. The van der Waals surface area contributed by atoms with Crippen LogP contribution in [0.1, 0.15) is 91.4 Å². The highest BCUT2D eigenvalue weighted by Gasteiger charge is 2.29. The van der Waals surface area contributed by atoms with Crippen molar-refractivity contribution < 1.29 is 19.4 Å². The SMILES string of the molecule is CCCCCCCCCCN(C(=O)OCC)C(CCCC)C(=O)O. The first-order valence-electron chi connectivity index (χ1n) is 9.74. The average Bonchev–Trinajstić information content (AvgIpc) is 2.55. The van der Waals surface area contributed by atoms with E-state index < -0.39 is 18.1 Å². The molecule has 0 aromatic carbocycles. The monoisotopic (exact) mass is 343 g/mol. The Morgan fingerprint density at radius 2 is 1.42 bits per heavy atom. The minimum Gasteiger partial charge on any atom is -0.480 e. The van der Waals surface area contributed by atoms with Gasteiger partial charge in [0.25, 0.3) is 0 Å². The van der Waals surface area contributed by atoms with Gasteiger partial charge < -0.3 is 9.84 Å². The number of ether oxygens (including phenoxy) is 1. The Morgan fingerprint density at radius 3 is 1.92 bits per heavy atom. The van der Waals surface area contributed by atoms with Crippen LogP contribution >= 0.6 is 0 Å². The lowest BCUT2D eigenvalue weighted by atomic mass is 10.1. The second kappa shape index (κ2) is 15.3. The molecule has 0 aliphatic heterocycles. The van der Waals surface area contributed by atoms with Crippen LogP contribution < -0.4 is 0 Å². The van der Waals surface area contributed by atoms with Gasteiger partial charge in [-0.3, -0.25) is 4.90 Å². The van der Waals surface area contributed by atoms with Crippen LogP contribution in [0, 0.1) is 0 Å². The third-order valence-corrected chi connectivity index (χ3v) is 4.25. The minimum atomic E-state index is -0.934. The molecule has 1 amide bonds. The van der Waals surface area contributed by atoms with Gasteiger partial charge >= 0.3 is 12.1 Å². The molecule has 0 aromatic rings. The second-order valence-electron chi connectivity index (χ2n) is 6.36. The van der Waals surface area contributed by atoms with Crippen molar-refractivity contribution >= 4 is 12.1 Å². The van der Waals surface area contributed by atoms with Gasteiger partial charge in [0.2, 0.25) is 0 Å². The number of rotatable bonds is 15. The molecule has 1 atom stereocenters. The first kappa shape index (κ1) is 22.7. The van der Waals surface area contributed by atoms with E-state index in [-0.39, 0.29) is 6.61 Å². The summed E-state index contributed by atoms with van der Waals surface area (Å²) in [5.41, 5.74) is 0. The molecule has 5 nitrogen and oxygen atoms in total. The summed E-state index contributed by atoms with van der Waals surface area (Å²) < 4.78 is 5.06. The zero-order valence-electron chi connectivity index (χ0n) is 15.9. The molecule has 0 bridgehead atoms. The van der Waals surface area contributed by atoms with Gasteiger partial charge in [0, 0.05) is 6.54 Å². The van der Waals surface area contributed by atoms with E-state index in [0.29, 0.717) is 13.0 Å². The van der Waals surface area contributed by atoms with Gasteiger partial charge in [0.1, 0.15) is 6.04 Å². The van der Waals surface area contributed by atoms with Crippen molar-refractivity contribution in [2.75, 3.05) is 13.2 Å². The van der Waals surface area contributed by atoms with Crippen LogP contribution in [0.2, 0.25) is 0 Å². The number of hydrogen-bond donors (Lipinski definition) is 1. The lowest BCUT2D eigenvalue weighted by Gasteiger charge is -2.28. The lowest BCUT2D eigenvalue weighted by Crippen LogP contribution is -2.46. The van der Waals surface area contributed by atoms with Crippen LogP contribution in [0.15, 0.2) is 0 Å². The highest BCUT2D eigenvalue weighted by molar-refractivity contribution is 5.80. The second-order valence-corrected chi connectivity index (χ2v) is 6.36. The summed E-state index contributed by atoms with van der Waals surface area (Å²) >= 11 is 0. The van der Waals surface area contributed by atoms with Crippen molar-refractivity contribution in [2.45, 2.75) is 97.4 Å². The molecule has 1 unspecified atom stereocenters. The number of unbranched alkanes of at least 4 members (excludes halogenated alkanes) is 8. The van der Waals surface area contributed by atoms with E-state index in [1.54, 1.807) is 6.92 Å². The summed E-state index contributed by atoms with van der Waals surface area (Å²) in [7, 11) is 0. The standard InChI is InChI=1S/C19H37NO4/c1-4-7-9-10-11-12-13-14-16-20(19(23)24-6-3)17(18(21)22)15-8-5-2/h17H,4-16H2,1-3H3,(H,21,22). The molecule has 0 saturated carbocycles. The van der Waals surface area contributed by atoms with Crippen LogP contribution in [-0.4, -0.2) is 41.3 Å². The normalized spacial score (nSPS) is 12.0. The maximum absolute atomic E-state index is 12.1. The van der Waals surface area contributed by atoms with Crippen molar-refractivity contribution in [1.82, 2.24) is 4.90 Å². The number of amides is 1. The molecule has 1 N–H and O–H groups in total. The molecule has 0 aliphatic carbocycles. The van der Waals surface area contributed by atoms with Gasteiger partial charge in [0.15, 0.2) is 0 Å². The van der Waals surface area contributed by atoms with Crippen LogP contribution in [0.3, 0.4) is 0 Å². The Labute approximate surface area is 147 Å². The Bertz CT molecular complexity index is 333. The molecular formula is C19H37NO4. The molecule has 0 fully saturated rings. The molecule has 142 valence electrons. The van der Waals surface area contributed by atoms with Gasteiger partial charge in [-0.1, -0.05) is 71.6 Å². The molecule has 0 aliphatic rings. The molecular weight excluding hydrogens is 306 g/mol. The smallest absolute Gasteiger partial charge is 0.410 e. The van der Waals surface area contributed by atoms with E-state index in [0.717, 1.165) is 32.1 Å². The average molecular weight is 344 g/mol. The fourth-order valence-corrected chi connectivity index (χ4v) is 2.81. The zero-order chi connectivity index (χ0) is 18.2. The summed E-state index contributed by atoms with van der Waals surface area (Å²) in [6, 6.07) is -0.770. The van der Waals surface area contributed by atoms with Gasteiger partial charge in [-0.25, -0.2) is 9.59 Å². The molecule has 0 radical (unpaired) electrons. The van der Waals surface area contributed by atoms with Crippen LogP contribution in [-0.2, 0) is 9.53 Å². The molecule has 0 aromatic heterocycles. The quantitative estimate of drug-likeness (QED) is 0.413. The highest BCUT2D eigenvalue weighted by atomic mass is 16.6. The Morgan fingerprint density at radius 1 is 0.875 bits per heavy atom. The van der Waals surface area contributed by atoms with E-state index in [1.165, 1.54) is 37.0 Å². The molecule has 5 heteroatoms. The fourth-order valence-electron chi connectivity index (χ4n) is 2.81. The number of carbonyl (C=O) groups is 2. The van der Waals surface area contributed by atoms with E-state index >= 15 is 0 Å². The molecule has 0 saturated heterocycles. The van der Waals surface area contributed by atoms with Crippen LogP contribution in [0.25, 0.3) is 0 Å². The third-order valence-electron chi connectivity index (χ3n) is 4.25. The summed E-state index contributed by atoms with van der Waals surface area (Å²) in [4.78, 5) is 25.1. The zero-order valence-corrected chi connectivity index (χ0v) is 15.9. The Kier molecular flexibility index (Phi) is 14.5. The number of carbonyl (C=O) groups excluding carboxylic acids is 1. The van der Waals surface area contributed by atoms with Crippen molar-refractivity contribution in [3.63, 3.8) is 0 Å². The molecule has 0 rings (SSSR count). The van der Waals surface area contributed by atoms with Gasteiger partial charge in [-0.2, -0.15) is 0 Å². The number of aliphatic carboxylic acids is 1. The predicted octanol–water partition coefficient (Wildman–Crippen LogP) is 5.23. The van der Waals surface area contributed by atoms with E-state index in [4.69, 9.17) is 4.74 Å². The topological polar surface area (TPSA) is 66.8 Å². The Balaban J connectivity index is 4.34. The van der Waals surface area contributed by atoms with Gasteiger partial charge in [-0.05, 0) is 19.8 Å². The number of carboxylic acid groups (broad SMARTS) is 1. The van der Waals surface area contributed by atoms with E-state index in [1.807, 2.05) is 6.92 Å². The maximum Gasteiger partial charge on any atom is 0.410 e. The first-order valence-corrected chi connectivity index (χ1v) is 9.74. The third kappa shape index (κ3) is 10.5. The van der Waals surface area contributed by atoms with Crippen LogP contribution in [0.4, 0.5) is 4.79 Å². The van der Waals surface area contributed by atoms with Crippen molar-refractivity contribution in [1.29, 1.82) is 0 Å². The van der Waals surface area contributed by atoms with Gasteiger partial charge in [0.05, 0.1) is 6.61 Å².